The molecule has 0 atom stereocenters. The molecule has 0 saturated heterocycles. The normalized spacial score (nSPS) is 10.5. The number of hydrogen-bond donors (Lipinski definition) is 1. The van der Waals surface area contributed by atoms with Crippen LogP contribution < -0.4 is 22.6 Å². The first-order valence-corrected chi connectivity index (χ1v) is 14.1. The third-order valence-corrected chi connectivity index (χ3v) is 8.84. The van der Waals surface area contributed by atoms with E-state index in [9.17, 15) is 4.39 Å². The molecule has 0 unspecified atom stereocenters. The third-order valence-electron chi connectivity index (χ3n) is 4.70. The van der Waals surface area contributed by atoms with Gasteiger partial charge < -0.3 is 22.6 Å². The summed E-state index contributed by atoms with van der Waals surface area (Å²) in [6.07, 6.45) is 6.42. The Morgan fingerprint density at radius 1 is 1.03 bits per heavy atom. The molecule has 0 aliphatic heterocycles. The van der Waals surface area contributed by atoms with Gasteiger partial charge in [0, 0.05) is 41.5 Å². The highest BCUT2D eigenvalue weighted by atomic mass is 35.5. The summed E-state index contributed by atoms with van der Waals surface area (Å²) in [6, 6.07) is 5.40. The van der Waals surface area contributed by atoms with E-state index in [-0.39, 0.29) is 30.4 Å². The number of hydrogen-bond acceptors (Lipinski definition) is 8. The van der Waals surface area contributed by atoms with Gasteiger partial charge in [-0.2, -0.15) is 0 Å². The van der Waals surface area contributed by atoms with Crippen LogP contribution in [0, 0.1) is 19.7 Å². The lowest BCUT2D eigenvalue weighted by Gasteiger charge is -2.24. The van der Waals surface area contributed by atoms with Crippen LogP contribution >= 0.6 is 46.7 Å². The molecule has 2 N–H and O–H groups in total. The third kappa shape index (κ3) is 9.32. The number of thiocarbonyl (C=S) groups is 1. The van der Waals surface area contributed by atoms with E-state index in [1.807, 2.05) is 51.6 Å². The van der Waals surface area contributed by atoms with Gasteiger partial charge in [-0.15, -0.1) is 0 Å². The maximum absolute atomic E-state index is 12.9. The van der Waals surface area contributed by atoms with Crippen LogP contribution in [0.5, 0.6) is 0 Å². The predicted molar refractivity (Wildman–Crippen MR) is 163 cm³/mol. The standard InChI is InChI=1S/C15H19N3S3.C10H10FN3S.CH4.ClH/c1-10-13(18(5)14(19)21-15(2,3)4)20-12(17-10)11-7-6-8-16-9-11;1-6-9(12-2)15-10(14-6)7-3-8(11)5-13-4-7;;/h6-9H,1-5H3;3-5,12H,1-2H3;1H4;1H. The Balaban J connectivity index is 0.000000378. The molecule has 4 rings (SSSR count). The number of aromatic nitrogens is 4. The van der Waals surface area contributed by atoms with Crippen LogP contribution in [0.25, 0.3) is 21.1 Å². The Morgan fingerprint density at radius 2 is 1.66 bits per heavy atom. The van der Waals surface area contributed by atoms with Crippen LogP contribution in [0.3, 0.4) is 0 Å². The van der Waals surface area contributed by atoms with E-state index < -0.39 is 0 Å². The minimum Gasteiger partial charge on any atom is -1.00 e. The molecule has 4 heterocycles. The zero-order valence-electron chi connectivity index (χ0n) is 21.7. The van der Waals surface area contributed by atoms with Crippen LogP contribution in [0.4, 0.5) is 14.4 Å². The van der Waals surface area contributed by atoms with Crippen LogP contribution in [0.1, 0.15) is 39.6 Å². The van der Waals surface area contributed by atoms with Gasteiger partial charge in [0.2, 0.25) is 5.00 Å². The highest BCUT2D eigenvalue weighted by molar-refractivity contribution is 8.24. The molecule has 4 aromatic rings. The fraction of sp³-hybridized carbons (Fsp3) is 0.346. The van der Waals surface area contributed by atoms with Crippen molar-refractivity contribution in [2.45, 2.75) is 46.8 Å². The number of rotatable bonds is 4. The SMILES string of the molecule is C.C[NH2+]c1sc(-c2cncc(F)c2)nc1C.Cc1nc(-c2cccnc2)sc1N(C)C(=S)SC(C)(C)C.[Cl-]. The average Bonchev–Trinajstić information content (AvgIpc) is 3.41. The van der Waals surface area contributed by atoms with Crippen molar-refractivity contribution in [3.05, 3.63) is 60.2 Å². The lowest BCUT2D eigenvalue weighted by atomic mass is 10.3. The Morgan fingerprint density at radius 3 is 2.21 bits per heavy atom. The van der Waals surface area contributed by atoms with Crippen LogP contribution in [0.15, 0.2) is 43.0 Å². The maximum Gasteiger partial charge on any atom is 0.208 e. The Bertz CT molecular complexity index is 1320. The van der Waals surface area contributed by atoms with E-state index in [4.69, 9.17) is 12.2 Å². The molecule has 6 nitrogen and oxygen atoms in total. The summed E-state index contributed by atoms with van der Waals surface area (Å²) in [5.74, 6) is -0.331. The second kappa shape index (κ2) is 14.9. The summed E-state index contributed by atoms with van der Waals surface area (Å²) in [5, 5.41) is 6.01. The predicted octanol–water partition coefficient (Wildman–Crippen LogP) is 3.88. The molecule has 0 amide bonds. The maximum atomic E-state index is 12.9. The van der Waals surface area contributed by atoms with Crippen molar-refractivity contribution in [1.82, 2.24) is 19.9 Å². The number of quaternary nitrogens is 1. The van der Waals surface area contributed by atoms with Gasteiger partial charge in [-0.25, -0.2) is 14.4 Å². The van der Waals surface area contributed by atoms with Gasteiger partial charge in [0.15, 0.2) is 0 Å². The summed E-state index contributed by atoms with van der Waals surface area (Å²) >= 11 is 10.4. The largest absolute Gasteiger partial charge is 1.00 e. The molecule has 38 heavy (non-hydrogen) atoms. The number of nitrogens with zero attached hydrogens (tertiary/aromatic N) is 5. The van der Waals surface area contributed by atoms with Crippen LogP contribution in [0.2, 0.25) is 0 Å². The second-order valence-electron chi connectivity index (χ2n) is 8.84. The Labute approximate surface area is 249 Å². The lowest BCUT2D eigenvalue weighted by molar-refractivity contribution is -0.535. The zero-order chi connectivity index (χ0) is 26.5. The topological polar surface area (TPSA) is 71.4 Å². The van der Waals surface area contributed by atoms with Crippen molar-refractivity contribution < 1.29 is 22.1 Å². The number of nitrogens with two attached hydrogens (primary N) is 1. The molecule has 0 bridgehead atoms. The van der Waals surface area contributed by atoms with E-state index in [2.05, 4.69) is 45.6 Å². The first-order valence-electron chi connectivity index (χ1n) is 11.2. The van der Waals surface area contributed by atoms with Crippen LogP contribution in [-0.4, -0.2) is 43.1 Å². The van der Waals surface area contributed by atoms with Gasteiger partial charge in [-0.3, -0.25) is 9.97 Å². The molecule has 12 heteroatoms. The summed E-state index contributed by atoms with van der Waals surface area (Å²) < 4.78 is 13.9. The fourth-order valence-corrected chi connectivity index (χ4v) is 6.72. The first-order chi connectivity index (χ1) is 17.0. The highest BCUT2D eigenvalue weighted by Crippen LogP contribution is 2.36. The number of aryl methyl sites for hydroxylation is 2. The van der Waals surface area contributed by atoms with Gasteiger partial charge in [-0.1, -0.05) is 74.9 Å². The molecule has 0 fully saturated rings. The smallest absolute Gasteiger partial charge is 0.208 e. The van der Waals surface area contributed by atoms with Crippen molar-refractivity contribution in [3.63, 3.8) is 0 Å². The second-order valence-corrected chi connectivity index (χ2v) is 13.3. The van der Waals surface area contributed by atoms with Crippen LogP contribution in [-0.2, 0) is 0 Å². The molecule has 0 aromatic carbocycles. The zero-order valence-corrected chi connectivity index (χ0v) is 25.8. The van der Waals surface area contributed by atoms with Crippen molar-refractivity contribution in [1.29, 1.82) is 0 Å². The lowest BCUT2D eigenvalue weighted by Crippen LogP contribution is -3.00. The summed E-state index contributed by atoms with van der Waals surface area (Å²) in [5.41, 5.74) is 3.75. The molecule has 0 aliphatic rings. The molecule has 0 radical (unpaired) electrons. The number of halogens is 2. The molecule has 0 saturated carbocycles. The number of pyridine rings is 2. The summed E-state index contributed by atoms with van der Waals surface area (Å²) in [4.78, 5) is 19.0. The summed E-state index contributed by atoms with van der Waals surface area (Å²) in [7, 11) is 3.97. The minimum atomic E-state index is -0.331. The van der Waals surface area contributed by atoms with E-state index in [1.54, 1.807) is 46.8 Å². The summed E-state index contributed by atoms with van der Waals surface area (Å²) in [6.45, 7) is 10.5. The van der Waals surface area contributed by atoms with Crippen molar-refractivity contribution in [2.24, 2.45) is 0 Å². The van der Waals surface area contributed by atoms with Gasteiger partial charge in [0.05, 0.1) is 18.9 Å². The van der Waals surface area contributed by atoms with E-state index in [0.717, 1.165) is 46.9 Å². The van der Waals surface area contributed by atoms with Gasteiger partial charge in [0.1, 0.15) is 30.8 Å². The number of thioether (sulfide) groups is 1. The molecule has 0 aliphatic carbocycles. The molecular formula is C26H34ClFN6S4. The van der Waals surface area contributed by atoms with E-state index in [1.165, 1.54) is 12.3 Å². The average molecular weight is 613 g/mol. The van der Waals surface area contributed by atoms with Gasteiger partial charge >= 0.3 is 0 Å². The minimum absolute atomic E-state index is 0. The quantitative estimate of drug-likeness (QED) is 0.351. The first kappa shape index (κ1) is 34.0. The molecule has 0 spiro atoms. The monoisotopic (exact) mass is 612 g/mol. The number of thiazole rings is 2. The highest BCUT2D eigenvalue weighted by Gasteiger charge is 2.21. The number of anilines is 1. The fourth-order valence-electron chi connectivity index (χ4n) is 3.05. The Hall–Kier alpha value is -2.02. The van der Waals surface area contributed by atoms with Gasteiger partial charge in [0.25, 0.3) is 0 Å². The molecule has 4 aromatic heterocycles. The molecular weight excluding hydrogens is 579 g/mol. The van der Waals surface area contributed by atoms with Crippen molar-refractivity contribution in [3.8, 4) is 21.1 Å². The van der Waals surface area contributed by atoms with E-state index >= 15 is 0 Å². The van der Waals surface area contributed by atoms with E-state index in [0.29, 0.717) is 0 Å². The van der Waals surface area contributed by atoms with Crippen molar-refractivity contribution in [2.75, 3.05) is 19.0 Å². The Kier molecular flexibility index (Phi) is 13.4. The molecule has 206 valence electrons. The van der Waals surface area contributed by atoms with Gasteiger partial charge in [-0.05, 0) is 32.0 Å². The van der Waals surface area contributed by atoms with Crippen molar-refractivity contribution >= 4 is 61.0 Å².